The topological polar surface area (TPSA) is 55.1 Å². The van der Waals surface area contributed by atoms with E-state index >= 15 is 0 Å². The largest absolute Gasteiger partial charge is 0.347 e. The molecule has 0 saturated carbocycles. The van der Waals surface area contributed by atoms with Crippen LogP contribution in [0, 0.1) is 5.41 Å². The lowest BCUT2D eigenvalue weighted by Gasteiger charge is -2.30. The van der Waals surface area contributed by atoms with Gasteiger partial charge in [-0.2, -0.15) is 0 Å². The molecule has 106 valence electrons. The first-order chi connectivity index (χ1) is 9.43. The van der Waals surface area contributed by atoms with Crippen LogP contribution in [0.2, 0.25) is 0 Å². The molecule has 0 aromatic heterocycles. The first-order valence-electron chi connectivity index (χ1n) is 6.92. The second-order valence-electron chi connectivity index (χ2n) is 6.15. The number of benzene rings is 2. The second kappa shape index (κ2) is 5.63. The molecule has 0 heterocycles. The van der Waals surface area contributed by atoms with Crippen LogP contribution in [0.5, 0.6) is 0 Å². The maximum Gasteiger partial charge on any atom is 0.252 e. The lowest BCUT2D eigenvalue weighted by Crippen LogP contribution is -2.48. The number of nitrogens with two attached hydrogens (primary N) is 1. The molecule has 1 amide bonds. The van der Waals surface area contributed by atoms with Crippen LogP contribution in [0.3, 0.4) is 0 Å². The van der Waals surface area contributed by atoms with Crippen LogP contribution in [-0.4, -0.2) is 18.5 Å². The minimum atomic E-state index is -0.0628. The second-order valence-corrected chi connectivity index (χ2v) is 6.15. The Hall–Kier alpha value is -1.87. The summed E-state index contributed by atoms with van der Waals surface area (Å²) in [4.78, 5) is 12.5. The van der Waals surface area contributed by atoms with Crippen molar-refractivity contribution in [2.45, 2.75) is 26.8 Å². The Bertz CT molecular complexity index is 608. The van der Waals surface area contributed by atoms with Crippen molar-refractivity contribution < 1.29 is 4.79 Å². The van der Waals surface area contributed by atoms with Gasteiger partial charge in [0.05, 0.1) is 0 Å². The number of amides is 1. The average Bonchev–Trinajstić information content (AvgIpc) is 2.42. The van der Waals surface area contributed by atoms with E-state index in [9.17, 15) is 4.79 Å². The van der Waals surface area contributed by atoms with Gasteiger partial charge in [0.2, 0.25) is 0 Å². The van der Waals surface area contributed by atoms with Crippen molar-refractivity contribution in [3.8, 4) is 0 Å². The van der Waals surface area contributed by atoms with Gasteiger partial charge >= 0.3 is 0 Å². The van der Waals surface area contributed by atoms with Gasteiger partial charge in [-0.25, -0.2) is 0 Å². The maximum atomic E-state index is 12.5. The van der Waals surface area contributed by atoms with Crippen LogP contribution in [0.1, 0.15) is 31.1 Å². The Morgan fingerprint density at radius 3 is 2.45 bits per heavy atom. The molecule has 3 N–H and O–H groups in total. The Balaban J connectivity index is 2.32. The molecule has 3 nitrogen and oxygen atoms in total. The number of fused-ring (bicyclic) bond motifs is 1. The zero-order chi connectivity index (χ0) is 14.8. The van der Waals surface area contributed by atoms with Crippen LogP contribution in [0.15, 0.2) is 42.5 Å². The fourth-order valence-electron chi connectivity index (χ4n) is 2.29. The number of carbonyl (C=O) groups is 1. The lowest BCUT2D eigenvalue weighted by molar-refractivity contribution is 0.0907. The summed E-state index contributed by atoms with van der Waals surface area (Å²) in [6.45, 7) is 6.66. The van der Waals surface area contributed by atoms with Gasteiger partial charge in [-0.1, -0.05) is 57.2 Å². The highest BCUT2D eigenvalue weighted by atomic mass is 16.1. The zero-order valence-electron chi connectivity index (χ0n) is 12.3. The van der Waals surface area contributed by atoms with Crippen molar-refractivity contribution in [1.82, 2.24) is 5.32 Å². The van der Waals surface area contributed by atoms with Crippen LogP contribution >= 0.6 is 0 Å². The third-order valence-electron chi connectivity index (χ3n) is 3.62. The fourth-order valence-corrected chi connectivity index (χ4v) is 2.29. The summed E-state index contributed by atoms with van der Waals surface area (Å²) in [5.41, 5.74) is 6.42. The SMILES string of the molecule is CC(C)(C)C(CN)NC(=O)c1cccc2ccccc12. The van der Waals surface area contributed by atoms with E-state index in [0.717, 1.165) is 10.8 Å². The molecule has 2 aromatic rings. The van der Waals surface area contributed by atoms with Gasteiger partial charge in [0.15, 0.2) is 0 Å². The molecule has 0 aliphatic heterocycles. The van der Waals surface area contributed by atoms with Gasteiger partial charge in [-0.3, -0.25) is 4.79 Å². The molecule has 2 aromatic carbocycles. The number of nitrogens with one attached hydrogen (secondary N) is 1. The van der Waals surface area contributed by atoms with Crippen molar-refractivity contribution in [2.24, 2.45) is 11.1 Å². The average molecular weight is 270 g/mol. The van der Waals surface area contributed by atoms with E-state index in [0.29, 0.717) is 12.1 Å². The van der Waals surface area contributed by atoms with Crippen LogP contribution < -0.4 is 11.1 Å². The third-order valence-corrected chi connectivity index (χ3v) is 3.62. The highest BCUT2D eigenvalue weighted by molar-refractivity contribution is 6.07. The Morgan fingerprint density at radius 1 is 1.15 bits per heavy atom. The van der Waals surface area contributed by atoms with Crippen LogP contribution in [0.4, 0.5) is 0 Å². The number of carbonyl (C=O) groups excluding carboxylic acids is 1. The molecular weight excluding hydrogens is 248 g/mol. The Kier molecular flexibility index (Phi) is 4.09. The highest BCUT2D eigenvalue weighted by Gasteiger charge is 2.25. The summed E-state index contributed by atoms with van der Waals surface area (Å²) in [6.07, 6.45) is 0. The molecule has 3 heteroatoms. The molecule has 0 radical (unpaired) electrons. The summed E-state index contributed by atoms with van der Waals surface area (Å²) in [7, 11) is 0. The first-order valence-corrected chi connectivity index (χ1v) is 6.92. The predicted octanol–water partition coefficient (Wildman–Crippen LogP) is 2.94. The van der Waals surface area contributed by atoms with Crippen molar-refractivity contribution in [2.75, 3.05) is 6.54 Å². The van der Waals surface area contributed by atoms with Crippen molar-refractivity contribution in [3.05, 3.63) is 48.0 Å². The predicted molar refractivity (Wildman–Crippen MR) is 83.7 cm³/mol. The molecule has 0 saturated heterocycles. The summed E-state index contributed by atoms with van der Waals surface area (Å²) in [5.74, 6) is -0.0628. The summed E-state index contributed by atoms with van der Waals surface area (Å²) in [6, 6.07) is 13.6. The van der Waals surface area contributed by atoms with Crippen molar-refractivity contribution >= 4 is 16.7 Å². The lowest BCUT2D eigenvalue weighted by atomic mass is 9.86. The number of hydrogen-bond acceptors (Lipinski definition) is 2. The number of rotatable bonds is 3. The standard InChI is InChI=1S/C17H22N2O/c1-17(2,3)15(11-18)19-16(20)14-10-6-8-12-7-4-5-9-13(12)14/h4-10,15H,11,18H2,1-3H3,(H,19,20). The highest BCUT2D eigenvalue weighted by Crippen LogP contribution is 2.21. The minimum Gasteiger partial charge on any atom is -0.347 e. The first kappa shape index (κ1) is 14.5. The smallest absolute Gasteiger partial charge is 0.252 e. The van der Waals surface area contributed by atoms with E-state index in [-0.39, 0.29) is 17.4 Å². The summed E-state index contributed by atoms with van der Waals surface area (Å²) >= 11 is 0. The van der Waals surface area contributed by atoms with Crippen molar-refractivity contribution in [1.29, 1.82) is 0 Å². The monoisotopic (exact) mass is 270 g/mol. The quantitative estimate of drug-likeness (QED) is 0.901. The van der Waals surface area contributed by atoms with E-state index in [1.807, 2.05) is 42.5 Å². The van der Waals surface area contributed by atoms with Gasteiger partial charge < -0.3 is 11.1 Å². The van der Waals surface area contributed by atoms with E-state index in [4.69, 9.17) is 5.73 Å². The van der Waals surface area contributed by atoms with Crippen LogP contribution in [-0.2, 0) is 0 Å². The molecule has 1 unspecified atom stereocenters. The molecule has 0 bridgehead atoms. The molecule has 0 aliphatic carbocycles. The Morgan fingerprint density at radius 2 is 1.80 bits per heavy atom. The molecule has 0 spiro atoms. The van der Waals surface area contributed by atoms with Gasteiger partial charge in [0, 0.05) is 18.2 Å². The van der Waals surface area contributed by atoms with Gasteiger partial charge in [0.1, 0.15) is 0 Å². The summed E-state index contributed by atoms with van der Waals surface area (Å²) in [5, 5.41) is 5.09. The van der Waals surface area contributed by atoms with Gasteiger partial charge in [-0.15, -0.1) is 0 Å². The molecule has 20 heavy (non-hydrogen) atoms. The van der Waals surface area contributed by atoms with E-state index in [1.54, 1.807) is 0 Å². The molecule has 2 rings (SSSR count). The minimum absolute atomic E-state index is 0.0473. The molecule has 1 atom stereocenters. The molecular formula is C17H22N2O. The molecule has 0 aliphatic rings. The summed E-state index contributed by atoms with van der Waals surface area (Å²) < 4.78 is 0. The normalized spacial score (nSPS) is 13.2. The van der Waals surface area contributed by atoms with Gasteiger partial charge in [0.25, 0.3) is 5.91 Å². The van der Waals surface area contributed by atoms with Gasteiger partial charge in [-0.05, 0) is 22.3 Å². The van der Waals surface area contributed by atoms with E-state index < -0.39 is 0 Å². The number of hydrogen-bond donors (Lipinski definition) is 2. The van der Waals surface area contributed by atoms with E-state index in [2.05, 4.69) is 26.1 Å². The Labute approximate surface area is 120 Å². The maximum absolute atomic E-state index is 12.5. The zero-order valence-corrected chi connectivity index (χ0v) is 12.3. The fraction of sp³-hybridized carbons (Fsp3) is 0.353. The van der Waals surface area contributed by atoms with Crippen LogP contribution in [0.25, 0.3) is 10.8 Å². The third kappa shape index (κ3) is 2.99. The van der Waals surface area contributed by atoms with E-state index in [1.165, 1.54) is 0 Å². The van der Waals surface area contributed by atoms with Crippen molar-refractivity contribution in [3.63, 3.8) is 0 Å². The molecule has 0 fully saturated rings.